The van der Waals surface area contributed by atoms with Gasteiger partial charge < -0.3 is 24.9 Å². The molecule has 0 bridgehead atoms. The van der Waals surface area contributed by atoms with E-state index in [1.54, 1.807) is 19.2 Å². The number of hydrogen-bond donors (Lipinski definition) is 3. The van der Waals surface area contributed by atoms with Gasteiger partial charge in [0.2, 0.25) is 0 Å². The van der Waals surface area contributed by atoms with Gasteiger partial charge in [-0.05, 0) is 18.6 Å². The molecule has 1 aromatic heterocycles. The molecule has 0 unspecified atom stereocenters. The number of carbonyl (C=O) groups is 2. The summed E-state index contributed by atoms with van der Waals surface area (Å²) in [5.74, 6) is -1.26. The Labute approximate surface area is 132 Å². The molecular formula is C15H17N3O5. The predicted octanol–water partition coefficient (Wildman–Crippen LogP) is 1.14. The number of methoxy groups -OCH3 is 1. The molecule has 1 aromatic carbocycles. The van der Waals surface area contributed by atoms with Gasteiger partial charge in [-0.15, -0.1) is 0 Å². The number of hydrogen-bond acceptors (Lipinski definition) is 6. The summed E-state index contributed by atoms with van der Waals surface area (Å²) in [7, 11) is 1.56. The number of ether oxygens (including phenoxy) is 1. The van der Waals surface area contributed by atoms with Crippen molar-refractivity contribution in [1.82, 2.24) is 10.3 Å². The minimum absolute atomic E-state index is 0.0972. The molecule has 8 heteroatoms. The number of benzene rings is 1. The van der Waals surface area contributed by atoms with Crippen LogP contribution in [0.5, 0.6) is 5.75 Å². The Balaban J connectivity index is 1.94. The minimum atomic E-state index is -0.811. The number of phenolic OH excluding ortho intramolecular Hbond substituents is 1. The maximum absolute atomic E-state index is 11.7. The van der Waals surface area contributed by atoms with E-state index in [4.69, 9.17) is 9.15 Å². The smallest absolute Gasteiger partial charge is 0.313 e. The van der Waals surface area contributed by atoms with Crippen LogP contribution in [-0.2, 0) is 14.3 Å². The highest BCUT2D eigenvalue weighted by atomic mass is 16.5. The number of amides is 2. The van der Waals surface area contributed by atoms with Crippen LogP contribution in [0.25, 0.3) is 11.3 Å². The molecule has 0 aliphatic rings. The van der Waals surface area contributed by atoms with Gasteiger partial charge in [-0.1, -0.05) is 0 Å². The maximum atomic E-state index is 11.7. The average Bonchev–Trinajstić information content (AvgIpc) is 3.05. The van der Waals surface area contributed by atoms with E-state index in [0.29, 0.717) is 36.6 Å². The fraction of sp³-hybridized carbons (Fsp3) is 0.267. The van der Waals surface area contributed by atoms with Crippen molar-refractivity contribution in [3.63, 3.8) is 0 Å². The number of rotatable bonds is 6. The lowest BCUT2D eigenvalue weighted by Gasteiger charge is -2.08. The first-order chi connectivity index (χ1) is 11.1. The number of aromatic hydroxyl groups is 1. The molecular weight excluding hydrogens is 302 g/mol. The summed E-state index contributed by atoms with van der Waals surface area (Å²) >= 11 is 0. The van der Waals surface area contributed by atoms with Crippen molar-refractivity contribution in [1.29, 1.82) is 0 Å². The van der Waals surface area contributed by atoms with E-state index < -0.39 is 11.8 Å². The Hall–Kier alpha value is -2.87. The third-order valence-electron chi connectivity index (χ3n) is 2.97. The van der Waals surface area contributed by atoms with Crippen LogP contribution in [-0.4, -0.2) is 42.2 Å². The van der Waals surface area contributed by atoms with Gasteiger partial charge in [-0.25, -0.2) is 4.98 Å². The monoisotopic (exact) mass is 319 g/mol. The molecule has 3 N–H and O–H groups in total. The van der Waals surface area contributed by atoms with Crippen molar-refractivity contribution < 1.29 is 23.8 Å². The van der Waals surface area contributed by atoms with Crippen LogP contribution >= 0.6 is 0 Å². The normalized spacial score (nSPS) is 10.3. The third kappa shape index (κ3) is 4.55. The Morgan fingerprint density at radius 1 is 1.35 bits per heavy atom. The van der Waals surface area contributed by atoms with Crippen LogP contribution in [0, 0.1) is 0 Å². The Morgan fingerprint density at radius 3 is 2.83 bits per heavy atom. The van der Waals surface area contributed by atoms with E-state index in [1.165, 1.54) is 18.7 Å². The first-order valence-electron chi connectivity index (χ1n) is 6.92. The maximum Gasteiger partial charge on any atom is 0.313 e. The van der Waals surface area contributed by atoms with E-state index in [9.17, 15) is 14.7 Å². The molecule has 0 saturated heterocycles. The molecule has 0 saturated carbocycles. The van der Waals surface area contributed by atoms with Gasteiger partial charge in [-0.3, -0.25) is 9.59 Å². The molecule has 122 valence electrons. The predicted molar refractivity (Wildman–Crippen MR) is 81.7 cm³/mol. The van der Waals surface area contributed by atoms with Crippen molar-refractivity contribution in [2.24, 2.45) is 0 Å². The first kappa shape index (κ1) is 16.5. The standard InChI is InChI=1S/C15H17N3O5/c1-22-6-2-5-17-14(20)15(21)18-10-3-4-11(12(19)7-10)13-8-16-9-23-13/h3-4,7-9,19H,2,5-6H2,1H3,(H,17,20)(H,18,21). The highest BCUT2D eigenvalue weighted by molar-refractivity contribution is 6.39. The zero-order valence-corrected chi connectivity index (χ0v) is 12.5. The first-order valence-corrected chi connectivity index (χ1v) is 6.92. The van der Waals surface area contributed by atoms with E-state index in [2.05, 4.69) is 15.6 Å². The summed E-state index contributed by atoms with van der Waals surface area (Å²) < 4.78 is 9.93. The quantitative estimate of drug-likeness (QED) is 0.543. The molecule has 23 heavy (non-hydrogen) atoms. The number of phenols is 1. The van der Waals surface area contributed by atoms with Crippen LogP contribution < -0.4 is 10.6 Å². The second kappa shape index (κ2) is 7.95. The minimum Gasteiger partial charge on any atom is -0.507 e. The Morgan fingerprint density at radius 2 is 2.17 bits per heavy atom. The molecule has 2 rings (SSSR count). The molecule has 1 heterocycles. The second-order valence-electron chi connectivity index (χ2n) is 4.65. The van der Waals surface area contributed by atoms with E-state index >= 15 is 0 Å². The lowest BCUT2D eigenvalue weighted by Crippen LogP contribution is -2.36. The highest BCUT2D eigenvalue weighted by Gasteiger charge is 2.14. The average molecular weight is 319 g/mol. The lowest BCUT2D eigenvalue weighted by atomic mass is 10.1. The molecule has 0 aliphatic carbocycles. The Kier molecular flexibility index (Phi) is 5.70. The van der Waals surface area contributed by atoms with Crippen molar-refractivity contribution in [3.05, 3.63) is 30.8 Å². The molecule has 2 amide bonds. The fourth-order valence-electron chi connectivity index (χ4n) is 1.85. The molecule has 8 nitrogen and oxygen atoms in total. The molecule has 2 aromatic rings. The van der Waals surface area contributed by atoms with E-state index in [0.717, 1.165) is 0 Å². The fourth-order valence-corrected chi connectivity index (χ4v) is 1.85. The zero-order chi connectivity index (χ0) is 16.7. The van der Waals surface area contributed by atoms with E-state index in [-0.39, 0.29) is 5.75 Å². The number of nitrogens with one attached hydrogen (secondary N) is 2. The number of anilines is 1. The molecule has 0 aliphatic heterocycles. The summed E-state index contributed by atoms with van der Waals surface area (Å²) in [6.45, 7) is 0.842. The van der Waals surface area contributed by atoms with E-state index in [1.807, 2.05) is 0 Å². The number of aromatic nitrogens is 1. The summed E-state index contributed by atoms with van der Waals surface area (Å²) in [6.07, 6.45) is 3.32. The largest absolute Gasteiger partial charge is 0.507 e. The van der Waals surface area contributed by atoms with Gasteiger partial charge in [0.1, 0.15) is 5.75 Å². The van der Waals surface area contributed by atoms with Gasteiger partial charge in [0, 0.05) is 32.0 Å². The van der Waals surface area contributed by atoms with Crippen LogP contribution in [0.2, 0.25) is 0 Å². The van der Waals surface area contributed by atoms with Gasteiger partial charge in [0.15, 0.2) is 12.2 Å². The molecule has 0 spiro atoms. The second-order valence-corrected chi connectivity index (χ2v) is 4.65. The zero-order valence-electron chi connectivity index (χ0n) is 12.5. The van der Waals surface area contributed by atoms with Crippen molar-refractivity contribution in [2.45, 2.75) is 6.42 Å². The van der Waals surface area contributed by atoms with Gasteiger partial charge in [-0.2, -0.15) is 0 Å². The van der Waals surface area contributed by atoms with Gasteiger partial charge in [0.05, 0.1) is 11.8 Å². The van der Waals surface area contributed by atoms with Crippen LogP contribution in [0.1, 0.15) is 6.42 Å². The van der Waals surface area contributed by atoms with Crippen LogP contribution in [0.15, 0.2) is 35.2 Å². The van der Waals surface area contributed by atoms with Crippen molar-refractivity contribution >= 4 is 17.5 Å². The molecule has 0 atom stereocenters. The summed E-state index contributed by atoms with van der Waals surface area (Å²) in [5.41, 5.74) is 0.729. The topological polar surface area (TPSA) is 114 Å². The number of nitrogens with zero attached hydrogens (tertiary/aromatic N) is 1. The number of oxazole rings is 1. The third-order valence-corrected chi connectivity index (χ3v) is 2.97. The highest BCUT2D eigenvalue weighted by Crippen LogP contribution is 2.31. The van der Waals surface area contributed by atoms with Crippen molar-refractivity contribution in [3.8, 4) is 17.1 Å². The van der Waals surface area contributed by atoms with Gasteiger partial charge >= 0.3 is 11.8 Å². The molecule has 0 fully saturated rings. The van der Waals surface area contributed by atoms with Crippen molar-refractivity contribution in [2.75, 3.05) is 25.6 Å². The lowest BCUT2D eigenvalue weighted by molar-refractivity contribution is -0.136. The van der Waals surface area contributed by atoms with Gasteiger partial charge in [0.25, 0.3) is 0 Å². The Bertz CT molecular complexity index is 670. The van der Waals surface area contributed by atoms with Crippen LogP contribution in [0.3, 0.4) is 0 Å². The van der Waals surface area contributed by atoms with Crippen LogP contribution in [0.4, 0.5) is 5.69 Å². The summed E-state index contributed by atoms with van der Waals surface area (Å²) in [6, 6.07) is 4.43. The number of carbonyl (C=O) groups excluding carboxylic acids is 2. The SMILES string of the molecule is COCCCNC(=O)C(=O)Nc1ccc(-c2cnco2)c(O)c1. The summed E-state index contributed by atoms with van der Waals surface area (Å²) in [5, 5.41) is 14.8. The summed E-state index contributed by atoms with van der Waals surface area (Å²) in [4.78, 5) is 27.1. The molecule has 0 radical (unpaired) electrons.